The van der Waals surface area contributed by atoms with Crippen LogP contribution in [0.25, 0.3) is 0 Å². The fraction of sp³-hybridized carbons (Fsp3) is 0.429. The fourth-order valence-corrected chi connectivity index (χ4v) is 4.87. The van der Waals surface area contributed by atoms with E-state index in [1.807, 2.05) is 42.5 Å². The van der Waals surface area contributed by atoms with Gasteiger partial charge in [-0.25, -0.2) is 0 Å². The van der Waals surface area contributed by atoms with Gasteiger partial charge in [0, 0.05) is 18.0 Å². The van der Waals surface area contributed by atoms with Gasteiger partial charge in [-0.1, -0.05) is 43.3 Å². The molecule has 2 aromatic rings. The van der Waals surface area contributed by atoms with Gasteiger partial charge in [0.2, 0.25) is 6.04 Å². The highest BCUT2D eigenvalue weighted by molar-refractivity contribution is 5.41. The van der Waals surface area contributed by atoms with Crippen LogP contribution in [0, 0.1) is 16.0 Å². The molecule has 0 N–H and O–H groups in total. The van der Waals surface area contributed by atoms with Crippen LogP contribution in [0.15, 0.2) is 48.5 Å². The molecule has 2 aliphatic heterocycles. The fourth-order valence-electron chi connectivity index (χ4n) is 4.87. The molecule has 136 valence electrons. The number of nitrogens with zero attached hydrogens (tertiary/aromatic N) is 2. The first-order valence-electron chi connectivity index (χ1n) is 9.19. The summed E-state index contributed by atoms with van der Waals surface area (Å²) in [6.07, 6.45) is 0.934. The van der Waals surface area contributed by atoms with Crippen LogP contribution in [0.3, 0.4) is 0 Å². The number of hydrogen-bond donors (Lipinski definition) is 0. The summed E-state index contributed by atoms with van der Waals surface area (Å²) in [5.41, 5.74) is 3.33. The maximum atomic E-state index is 12.3. The number of rotatable bonds is 3. The summed E-state index contributed by atoms with van der Waals surface area (Å²) in [5, 5.41) is 12.3. The van der Waals surface area contributed by atoms with Crippen LogP contribution in [0.1, 0.15) is 35.6 Å². The summed E-state index contributed by atoms with van der Waals surface area (Å²) in [6.45, 7) is 3.90. The molecule has 0 unspecified atom stereocenters. The molecule has 0 amide bonds. The van der Waals surface area contributed by atoms with Crippen molar-refractivity contribution in [3.63, 3.8) is 0 Å². The van der Waals surface area contributed by atoms with E-state index < -0.39 is 6.04 Å². The lowest BCUT2D eigenvalue weighted by Gasteiger charge is -2.47. The van der Waals surface area contributed by atoms with Gasteiger partial charge in [0.1, 0.15) is 11.8 Å². The Morgan fingerprint density at radius 3 is 2.65 bits per heavy atom. The highest BCUT2D eigenvalue weighted by Crippen LogP contribution is 2.47. The minimum Gasteiger partial charge on any atom is -0.497 e. The number of fused-ring (bicyclic) bond motifs is 3. The highest BCUT2D eigenvalue weighted by atomic mass is 16.6. The van der Waals surface area contributed by atoms with E-state index in [1.165, 1.54) is 5.56 Å². The molecule has 26 heavy (non-hydrogen) atoms. The van der Waals surface area contributed by atoms with Crippen molar-refractivity contribution in [2.24, 2.45) is 5.92 Å². The van der Waals surface area contributed by atoms with Gasteiger partial charge in [0.25, 0.3) is 0 Å². The normalized spacial score (nSPS) is 28.1. The van der Waals surface area contributed by atoms with Gasteiger partial charge in [0.05, 0.1) is 13.0 Å². The predicted octanol–water partition coefficient (Wildman–Crippen LogP) is 3.67. The van der Waals surface area contributed by atoms with E-state index in [1.54, 1.807) is 7.11 Å². The Bertz CT molecular complexity index is 808. The van der Waals surface area contributed by atoms with Crippen LogP contribution >= 0.6 is 0 Å². The molecule has 2 aromatic carbocycles. The first-order valence-corrected chi connectivity index (χ1v) is 9.19. The maximum Gasteiger partial charge on any atom is 0.239 e. The van der Waals surface area contributed by atoms with E-state index in [0.717, 1.165) is 36.4 Å². The SMILES string of the molecule is COc1ccc2c(c1)[C@@H]1[C@@H]([N+](=O)[O-])[C@H](c3ccccc3)[C@@H](C)CN1CC2. The van der Waals surface area contributed by atoms with Crippen molar-refractivity contribution in [3.8, 4) is 5.75 Å². The zero-order valence-corrected chi connectivity index (χ0v) is 15.2. The van der Waals surface area contributed by atoms with Crippen LogP contribution in [0.2, 0.25) is 0 Å². The predicted molar refractivity (Wildman–Crippen MR) is 100 cm³/mol. The molecule has 0 aromatic heterocycles. The van der Waals surface area contributed by atoms with Crippen LogP contribution in [-0.2, 0) is 6.42 Å². The number of ether oxygens (including phenoxy) is 1. The summed E-state index contributed by atoms with van der Waals surface area (Å²) in [7, 11) is 1.64. The van der Waals surface area contributed by atoms with Crippen molar-refractivity contribution >= 4 is 0 Å². The summed E-state index contributed by atoms with van der Waals surface area (Å²) in [4.78, 5) is 14.5. The van der Waals surface area contributed by atoms with Gasteiger partial charge >= 0.3 is 0 Å². The molecule has 1 fully saturated rings. The van der Waals surface area contributed by atoms with Crippen LogP contribution in [0.5, 0.6) is 5.75 Å². The minimum atomic E-state index is -0.660. The molecule has 0 saturated carbocycles. The molecule has 2 heterocycles. The second kappa shape index (κ2) is 6.72. The summed E-state index contributed by atoms with van der Waals surface area (Å²) in [5.74, 6) is 0.906. The standard InChI is InChI=1S/C21H24N2O3/c1-14-13-22-11-10-15-8-9-17(26-2)12-18(15)20(22)21(23(24)25)19(14)16-6-4-3-5-7-16/h3-9,12,14,19-21H,10-11,13H2,1-2H3/t14-,19-,20+,21-/m0/s1. The summed E-state index contributed by atoms with van der Waals surface area (Å²) >= 11 is 0. The number of methoxy groups -OCH3 is 1. The molecule has 4 atom stereocenters. The molecule has 0 spiro atoms. The highest BCUT2D eigenvalue weighted by Gasteiger charge is 2.51. The van der Waals surface area contributed by atoms with Gasteiger partial charge in [0.15, 0.2) is 0 Å². The van der Waals surface area contributed by atoms with Gasteiger partial charge in [-0.3, -0.25) is 15.0 Å². The molecule has 5 nitrogen and oxygen atoms in total. The molecule has 0 bridgehead atoms. The monoisotopic (exact) mass is 352 g/mol. The smallest absolute Gasteiger partial charge is 0.239 e. The van der Waals surface area contributed by atoms with Crippen LogP contribution < -0.4 is 4.74 Å². The Kier molecular flexibility index (Phi) is 4.41. The van der Waals surface area contributed by atoms with Crippen molar-refractivity contribution < 1.29 is 9.66 Å². The molecular weight excluding hydrogens is 328 g/mol. The van der Waals surface area contributed by atoms with Crippen LogP contribution in [0.4, 0.5) is 0 Å². The van der Waals surface area contributed by atoms with Crippen molar-refractivity contribution in [2.75, 3.05) is 20.2 Å². The van der Waals surface area contributed by atoms with E-state index in [9.17, 15) is 10.1 Å². The van der Waals surface area contributed by atoms with E-state index in [2.05, 4.69) is 17.9 Å². The van der Waals surface area contributed by atoms with Crippen molar-refractivity contribution in [3.05, 3.63) is 75.3 Å². The quantitative estimate of drug-likeness (QED) is 0.625. The summed E-state index contributed by atoms with van der Waals surface area (Å²) < 4.78 is 5.40. The third-order valence-corrected chi connectivity index (χ3v) is 5.99. The minimum absolute atomic E-state index is 0.0560. The average Bonchev–Trinajstić information content (AvgIpc) is 2.66. The van der Waals surface area contributed by atoms with Crippen molar-refractivity contribution in [2.45, 2.75) is 31.3 Å². The third kappa shape index (κ3) is 2.76. The number of piperidine rings is 1. The van der Waals surface area contributed by atoms with E-state index in [4.69, 9.17) is 4.74 Å². The number of benzene rings is 2. The van der Waals surface area contributed by atoms with Gasteiger partial charge < -0.3 is 4.74 Å². The first kappa shape index (κ1) is 17.0. The number of nitro groups is 1. The topological polar surface area (TPSA) is 55.6 Å². The lowest BCUT2D eigenvalue weighted by Crippen LogP contribution is -2.54. The Morgan fingerprint density at radius 2 is 1.96 bits per heavy atom. The van der Waals surface area contributed by atoms with E-state index in [0.29, 0.717) is 0 Å². The zero-order valence-electron chi connectivity index (χ0n) is 15.2. The summed E-state index contributed by atoms with van der Waals surface area (Å²) in [6, 6.07) is 15.1. The molecule has 0 radical (unpaired) electrons. The van der Waals surface area contributed by atoms with Gasteiger partial charge in [-0.05, 0) is 41.2 Å². The van der Waals surface area contributed by atoms with Crippen molar-refractivity contribution in [1.29, 1.82) is 0 Å². The molecule has 4 rings (SSSR count). The maximum absolute atomic E-state index is 12.3. The molecule has 0 aliphatic carbocycles. The van der Waals surface area contributed by atoms with Gasteiger partial charge in [-0.15, -0.1) is 0 Å². The van der Waals surface area contributed by atoms with E-state index >= 15 is 0 Å². The van der Waals surface area contributed by atoms with E-state index in [-0.39, 0.29) is 22.8 Å². The van der Waals surface area contributed by atoms with Crippen molar-refractivity contribution in [1.82, 2.24) is 4.90 Å². The second-order valence-electron chi connectivity index (χ2n) is 7.44. The molecule has 2 aliphatic rings. The third-order valence-electron chi connectivity index (χ3n) is 5.99. The first-order chi connectivity index (χ1) is 12.6. The lowest BCUT2D eigenvalue weighted by atomic mass is 9.71. The molecule has 1 saturated heterocycles. The Balaban J connectivity index is 1.83. The largest absolute Gasteiger partial charge is 0.497 e. The average molecular weight is 352 g/mol. The Morgan fingerprint density at radius 1 is 1.19 bits per heavy atom. The lowest BCUT2D eigenvalue weighted by molar-refractivity contribution is -0.542. The Labute approximate surface area is 153 Å². The van der Waals surface area contributed by atoms with Crippen LogP contribution in [-0.4, -0.2) is 36.1 Å². The molecular formula is C21H24N2O3. The van der Waals surface area contributed by atoms with Gasteiger partial charge in [-0.2, -0.15) is 0 Å². The Hall–Kier alpha value is -2.40. The second-order valence-corrected chi connectivity index (χ2v) is 7.44. The zero-order chi connectivity index (χ0) is 18.3. The number of hydrogen-bond acceptors (Lipinski definition) is 4. The molecule has 5 heteroatoms.